The summed E-state index contributed by atoms with van der Waals surface area (Å²) >= 11 is 0. The molecule has 0 unspecified atom stereocenters. The first-order valence-corrected chi connectivity index (χ1v) is 18.0. The molecule has 1 aromatic heterocycles. The summed E-state index contributed by atoms with van der Waals surface area (Å²) in [6.45, 7) is 6.90. The zero-order valence-corrected chi connectivity index (χ0v) is 27.0. The Morgan fingerprint density at radius 1 is 0.475 bits per heavy atom. The summed E-state index contributed by atoms with van der Waals surface area (Å²) in [7, 11) is 0. The summed E-state index contributed by atoms with van der Waals surface area (Å²) < 4.78 is 5.04. The van der Waals surface area contributed by atoms with E-state index in [-0.39, 0.29) is 0 Å². The number of hydrogen-bond donors (Lipinski definition) is 0. The highest BCUT2D eigenvalue weighted by atomic mass is 15.1. The van der Waals surface area contributed by atoms with Gasteiger partial charge in [-0.3, -0.25) is 0 Å². The third-order valence-corrected chi connectivity index (χ3v) is 8.76. The standard InChI is InChI=1S/C38H67N2/c1-3-5-7-9-11-13-14-15-16-17-18-19-21-23-25-30-34-40-36-35-39(38(40)37-31-27-26-28-32-37)33-29-24-22-20-12-10-8-6-4-2/h26-28,31-32,35-36H,3-25,29-30,33-34H2,1-2H3/q+1. The Morgan fingerprint density at radius 2 is 0.875 bits per heavy atom. The van der Waals surface area contributed by atoms with E-state index in [4.69, 9.17) is 0 Å². The Morgan fingerprint density at radius 3 is 1.32 bits per heavy atom. The number of aromatic nitrogens is 2. The molecule has 0 aliphatic carbocycles. The van der Waals surface area contributed by atoms with Gasteiger partial charge in [-0.2, -0.15) is 0 Å². The second-order valence-electron chi connectivity index (χ2n) is 12.5. The maximum atomic E-state index is 2.52. The van der Waals surface area contributed by atoms with Crippen molar-refractivity contribution < 1.29 is 4.57 Å². The Hall–Kier alpha value is -1.57. The van der Waals surface area contributed by atoms with Crippen molar-refractivity contribution in [3.05, 3.63) is 42.7 Å². The predicted octanol–water partition coefficient (Wildman–Crippen LogP) is 12.2. The molecule has 0 amide bonds. The van der Waals surface area contributed by atoms with Crippen molar-refractivity contribution >= 4 is 0 Å². The van der Waals surface area contributed by atoms with Crippen LogP contribution in [0.1, 0.15) is 174 Å². The van der Waals surface area contributed by atoms with Crippen molar-refractivity contribution in [2.24, 2.45) is 0 Å². The molecule has 40 heavy (non-hydrogen) atoms. The van der Waals surface area contributed by atoms with Gasteiger partial charge < -0.3 is 0 Å². The van der Waals surface area contributed by atoms with E-state index < -0.39 is 0 Å². The largest absolute Gasteiger partial charge is 0.288 e. The quantitative estimate of drug-likeness (QED) is 0.0734. The molecule has 1 heterocycles. The van der Waals surface area contributed by atoms with Crippen LogP contribution in [0.2, 0.25) is 0 Å². The fourth-order valence-corrected chi connectivity index (χ4v) is 6.17. The third-order valence-electron chi connectivity index (χ3n) is 8.76. The van der Waals surface area contributed by atoms with Crippen LogP contribution < -0.4 is 4.57 Å². The average Bonchev–Trinajstić information content (AvgIpc) is 3.39. The summed E-state index contributed by atoms with van der Waals surface area (Å²) in [5, 5.41) is 0. The van der Waals surface area contributed by atoms with Crippen LogP contribution in [0.3, 0.4) is 0 Å². The van der Waals surface area contributed by atoms with E-state index >= 15 is 0 Å². The molecule has 0 aliphatic rings. The molecular formula is C38H67N2+. The van der Waals surface area contributed by atoms with Gasteiger partial charge in [0.25, 0.3) is 5.82 Å². The molecular weight excluding hydrogens is 484 g/mol. The smallest absolute Gasteiger partial charge is 0.230 e. The first-order valence-electron chi connectivity index (χ1n) is 18.0. The van der Waals surface area contributed by atoms with E-state index in [2.05, 4.69) is 65.7 Å². The molecule has 2 rings (SSSR count). The Kier molecular flexibility index (Phi) is 21.8. The maximum Gasteiger partial charge on any atom is 0.288 e. The highest BCUT2D eigenvalue weighted by molar-refractivity contribution is 5.52. The lowest BCUT2D eigenvalue weighted by Crippen LogP contribution is -2.34. The normalized spacial score (nSPS) is 11.4. The fourth-order valence-electron chi connectivity index (χ4n) is 6.17. The number of imidazole rings is 1. The first-order chi connectivity index (χ1) is 19.9. The van der Waals surface area contributed by atoms with Crippen LogP contribution >= 0.6 is 0 Å². The number of nitrogens with zero attached hydrogens (tertiary/aromatic N) is 2. The van der Waals surface area contributed by atoms with E-state index in [0.717, 1.165) is 13.1 Å². The summed E-state index contributed by atoms with van der Waals surface area (Å²) in [5.41, 5.74) is 1.36. The number of rotatable bonds is 28. The van der Waals surface area contributed by atoms with E-state index in [0.29, 0.717) is 0 Å². The third kappa shape index (κ3) is 16.6. The zero-order chi connectivity index (χ0) is 28.4. The Bertz CT molecular complexity index is 793. The number of unbranched alkanes of at least 4 members (excludes halogenated alkanes) is 23. The average molecular weight is 552 g/mol. The Balaban J connectivity index is 1.57. The van der Waals surface area contributed by atoms with Gasteiger partial charge in [0, 0.05) is 0 Å². The second kappa shape index (κ2) is 25.2. The molecule has 0 atom stereocenters. The van der Waals surface area contributed by atoms with Gasteiger partial charge in [0.15, 0.2) is 0 Å². The minimum absolute atomic E-state index is 1.14. The van der Waals surface area contributed by atoms with Gasteiger partial charge in [-0.1, -0.05) is 167 Å². The molecule has 2 nitrogen and oxygen atoms in total. The molecule has 2 aromatic rings. The molecule has 0 bridgehead atoms. The van der Waals surface area contributed by atoms with Crippen molar-refractivity contribution in [2.75, 3.05) is 0 Å². The van der Waals surface area contributed by atoms with E-state index in [1.165, 1.54) is 172 Å². The highest BCUT2D eigenvalue weighted by Crippen LogP contribution is 2.19. The predicted molar refractivity (Wildman–Crippen MR) is 177 cm³/mol. The van der Waals surface area contributed by atoms with Crippen LogP contribution in [0.25, 0.3) is 11.4 Å². The second-order valence-corrected chi connectivity index (χ2v) is 12.5. The van der Waals surface area contributed by atoms with Crippen LogP contribution in [0.15, 0.2) is 42.7 Å². The van der Waals surface area contributed by atoms with Crippen LogP contribution in [0.5, 0.6) is 0 Å². The number of aryl methyl sites for hydroxylation is 2. The molecule has 0 saturated carbocycles. The van der Waals surface area contributed by atoms with Gasteiger partial charge >= 0.3 is 0 Å². The SMILES string of the molecule is CCCCCCCCCCCCCCCCCCn1cc[n+](CCCCCCCCCCC)c1-c1ccccc1. The molecule has 0 saturated heterocycles. The monoisotopic (exact) mass is 552 g/mol. The van der Waals surface area contributed by atoms with Gasteiger partial charge in [0.05, 0.1) is 18.7 Å². The molecule has 228 valence electrons. The molecule has 2 heteroatoms. The first kappa shape index (κ1) is 34.6. The van der Waals surface area contributed by atoms with E-state index in [9.17, 15) is 0 Å². The lowest BCUT2D eigenvalue weighted by atomic mass is 10.0. The van der Waals surface area contributed by atoms with Gasteiger partial charge in [0.2, 0.25) is 0 Å². The molecule has 1 aromatic carbocycles. The van der Waals surface area contributed by atoms with Crippen molar-refractivity contribution in [1.82, 2.24) is 4.57 Å². The minimum Gasteiger partial charge on any atom is -0.230 e. The highest BCUT2D eigenvalue weighted by Gasteiger charge is 2.18. The van der Waals surface area contributed by atoms with Crippen molar-refractivity contribution in [1.29, 1.82) is 0 Å². The van der Waals surface area contributed by atoms with Crippen LogP contribution in [0.4, 0.5) is 0 Å². The van der Waals surface area contributed by atoms with Crippen LogP contribution in [-0.4, -0.2) is 4.57 Å². The summed E-state index contributed by atoms with van der Waals surface area (Å²) in [4.78, 5) is 0. The van der Waals surface area contributed by atoms with E-state index in [1.54, 1.807) is 0 Å². The van der Waals surface area contributed by atoms with Gasteiger partial charge in [-0.25, -0.2) is 9.13 Å². The number of benzene rings is 1. The van der Waals surface area contributed by atoms with Crippen molar-refractivity contribution in [3.8, 4) is 11.4 Å². The lowest BCUT2D eigenvalue weighted by molar-refractivity contribution is -0.686. The summed E-state index contributed by atoms with van der Waals surface area (Å²) in [6, 6.07) is 11.1. The minimum atomic E-state index is 1.14. The molecule has 0 spiro atoms. The van der Waals surface area contributed by atoms with Crippen molar-refractivity contribution in [2.45, 2.75) is 187 Å². The fraction of sp³-hybridized carbons (Fsp3) is 0.763. The van der Waals surface area contributed by atoms with Crippen LogP contribution in [0, 0.1) is 0 Å². The molecule has 0 fully saturated rings. The zero-order valence-electron chi connectivity index (χ0n) is 27.0. The number of hydrogen-bond acceptors (Lipinski definition) is 0. The molecule has 0 radical (unpaired) electrons. The Labute approximate surface area is 250 Å². The van der Waals surface area contributed by atoms with Crippen molar-refractivity contribution in [3.63, 3.8) is 0 Å². The van der Waals surface area contributed by atoms with Gasteiger partial charge in [-0.15, -0.1) is 0 Å². The molecule has 0 N–H and O–H groups in total. The topological polar surface area (TPSA) is 8.81 Å². The lowest BCUT2D eigenvalue weighted by Gasteiger charge is -2.07. The van der Waals surface area contributed by atoms with Gasteiger partial charge in [-0.05, 0) is 37.8 Å². The summed E-state index contributed by atoms with van der Waals surface area (Å²) in [6.07, 6.45) is 40.1. The maximum absolute atomic E-state index is 2.52. The van der Waals surface area contributed by atoms with Crippen LogP contribution in [-0.2, 0) is 13.1 Å². The van der Waals surface area contributed by atoms with Gasteiger partial charge in [0.1, 0.15) is 12.4 Å². The summed E-state index contributed by atoms with van der Waals surface area (Å²) in [5.74, 6) is 1.40. The molecule has 0 aliphatic heterocycles. The van der Waals surface area contributed by atoms with E-state index in [1.807, 2.05) is 0 Å².